The lowest BCUT2D eigenvalue weighted by molar-refractivity contribution is -0.147. The van der Waals surface area contributed by atoms with Gasteiger partial charge in [0.15, 0.2) is 0 Å². The van der Waals surface area contributed by atoms with Gasteiger partial charge in [-0.25, -0.2) is 0 Å². The highest BCUT2D eigenvalue weighted by Gasteiger charge is 2.16. The Morgan fingerprint density at radius 2 is 1.71 bits per heavy atom. The number of amides is 1. The number of esters is 2. The zero-order valence-electron chi connectivity index (χ0n) is 10.4. The molecule has 17 heavy (non-hydrogen) atoms. The first-order chi connectivity index (χ1) is 8.01. The zero-order valence-corrected chi connectivity index (χ0v) is 10.4. The van der Waals surface area contributed by atoms with Crippen molar-refractivity contribution < 1.29 is 23.9 Å². The van der Waals surface area contributed by atoms with E-state index in [1.165, 1.54) is 0 Å². The van der Waals surface area contributed by atoms with Crippen molar-refractivity contribution in [1.82, 2.24) is 5.32 Å². The third kappa shape index (κ3) is 7.32. The van der Waals surface area contributed by atoms with Gasteiger partial charge in [-0.3, -0.25) is 14.4 Å². The van der Waals surface area contributed by atoms with E-state index < -0.39 is 17.8 Å². The van der Waals surface area contributed by atoms with Crippen LogP contribution in [-0.2, 0) is 23.9 Å². The van der Waals surface area contributed by atoms with Gasteiger partial charge in [-0.05, 0) is 13.8 Å². The van der Waals surface area contributed by atoms with E-state index in [9.17, 15) is 14.4 Å². The second-order valence-corrected chi connectivity index (χ2v) is 3.44. The van der Waals surface area contributed by atoms with Crippen LogP contribution in [-0.4, -0.2) is 37.6 Å². The molecule has 0 fully saturated rings. The van der Waals surface area contributed by atoms with Gasteiger partial charge in [-0.2, -0.15) is 0 Å². The zero-order chi connectivity index (χ0) is 13.3. The molecule has 1 atom stereocenters. The van der Waals surface area contributed by atoms with Crippen molar-refractivity contribution in [2.75, 3.05) is 19.8 Å². The van der Waals surface area contributed by atoms with Crippen molar-refractivity contribution in [3.63, 3.8) is 0 Å². The summed E-state index contributed by atoms with van der Waals surface area (Å²) >= 11 is 0. The lowest BCUT2D eigenvalue weighted by atomic mass is 10.2. The minimum atomic E-state index is -0.575. The van der Waals surface area contributed by atoms with E-state index in [1.54, 1.807) is 20.8 Å². The SMILES string of the molecule is CCOC(=O)CC(=O)NC[C@H](C)C(=O)OCC. The Morgan fingerprint density at radius 1 is 1.12 bits per heavy atom. The summed E-state index contributed by atoms with van der Waals surface area (Å²) in [5.41, 5.74) is 0. The van der Waals surface area contributed by atoms with Crippen molar-refractivity contribution in [2.24, 2.45) is 5.92 Å². The molecule has 6 nitrogen and oxygen atoms in total. The molecule has 0 aromatic rings. The fraction of sp³-hybridized carbons (Fsp3) is 0.727. The molecule has 0 aliphatic rings. The minimum absolute atomic E-state index is 0.150. The molecule has 1 N–H and O–H groups in total. The van der Waals surface area contributed by atoms with Crippen LogP contribution in [0.2, 0.25) is 0 Å². The highest BCUT2D eigenvalue weighted by molar-refractivity contribution is 5.94. The van der Waals surface area contributed by atoms with E-state index in [2.05, 4.69) is 10.1 Å². The largest absolute Gasteiger partial charge is 0.466 e. The van der Waals surface area contributed by atoms with E-state index in [4.69, 9.17) is 4.74 Å². The molecule has 0 spiro atoms. The van der Waals surface area contributed by atoms with E-state index >= 15 is 0 Å². The molecule has 6 heteroatoms. The average molecular weight is 245 g/mol. The molecule has 0 aromatic carbocycles. The Bertz CT molecular complexity index is 277. The lowest BCUT2D eigenvalue weighted by Gasteiger charge is -2.11. The van der Waals surface area contributed by atoms with Crippen LogP contribution >= 0.6 is 0 Å². The molecule has 1 amide bonds. The number of ether oxygens (including phenoxy) is 2. The average Bonchev–Trinajstić information content (AvgIpc) is 2.26. The van der Waals surface area contributed by atoms with Crippen LogP contribution in [0.1, 0.15) is 27.2 Å². The second kappa shape index (κ2) is 8.55. The van der Waals surface area contributed by atoms with Crippen LogP contribution in [0.3, 0.4) is 0 Å². The van der Waals surface area contributed by atoms with E-state index in [1.807, 2.05) is 0 Å². The van der Waals surface area contributed by atoms with E-state index in [-0.39, 0.29) is 25.5 Å². The third-order valence-corrected chi connectivity index (χ3v) is 1.90. The van der Waals surface area contributed by atoms with Crippen LogP contribution in [0.4, 0.5) is 0 Å². The smallest absolute Gasteiger partial charge is 0.315 e. The Balaban J connectivity index is 3.83. The topological polar surface area (TPSA) is 81.7 Å². The van der Waals surface area contributed by atoms with Crippen molar-refractivity contribution >= 4 is 17.8 Å². The molecule has 0 aliphatic carbocycles. The molecule has 0 aromatic heterocycles. The predicted octanol–water partition coefficient (Wildman–Crippen LogP) is 0.255. The number of nitrogens with one attached hydrogen (secondary N) is 1. The van der Waals surface area contributed by atoms with Gasteiger partial charge in [-0.1, -0.05) is 6.92 Å². The maximum atomic E-state index is 11.2. The summed E-state index contributed by atoms with van der Waals surface area (Å²) < 4.78 is 9.39. The van der Waals surface area contributed by atoms with Crippen LogP contribution < -0.4 is 5.32 Å². The molecule has 0 aliphatic heterocycles. The molecule has 0 saturated heterocycles. The summed E-state index contributed by atoms with van der Waals surface area (Å²) in [6.45, 7) is 5.72. The maximum absolute atomic E-state index is 11.2. The Morgan fingerprint density at radius 3 is 2.24 bits per heavy atom. The van der Waals surface area contributed by atoms with E-state index in [0.717, 1.165) is 0 Å². The second-order valence-electron chi connectivity index (χ2n) is 3.44. The lowest BCUT2D eigenvalue weighted by Crippen LogP contribution is -2.33. The van der Waals surface area contributed by atoms with Crippen LogP contribution in [0.15, 0.2) is 0 Å². The fourth-order valence-electron chi connectivity index (χ4n) is 1.04. The van der Waals surface area contributed by atoms with Gasteiger partial charge in [0.1, 0.15) is 6.42 Å². The summed E-state index contributed by atoms with van der Waals surface area (Å²) in [6, 6.07) is 0. The number of rotatable bonds is 7. The highest BCUT2D eigenvalue weighted by Crippen LogP contribution is 1.97. The predicted molar refractivity (Wildman–Crippen MR) is 60.1 cm³/mol. The summed E-state index contributed by atoms with van der Waals surface area (Å²) in [7, 11) is 0. The molecule has 0 bridgehead atoms. The van der Waals surface area contributed by atoms with E-state index in [0.29, 0.717) is 6.61 Å². The number of carbonyl (C=O) groups excluding carboxylic acids is 3. The van der Waals surface area contributed by atoms with Crippen molar-refractivity contribution in [3.8, 4) is 0 Å². The molecule has 98 valence electrons. The summed E-state index contributed by atoms with van der Waals surface area (Å²) in [5.74, 6) is -1.83. The standard InChI is InChI=1S/C11H19NO5/c1-4-16-10(14)6-9(13)12-7-8(3)11(15)17-5-2/h8H,4-7H2,1-3H3,(H,12,13)/t8-/m0/s1. The maximum Gasteiger partial charge on any atom is 0.315 e. The first kappa shape index (κ1) is 15.4. The molecule has 0 rings (SSSR count). The first-order valence-corrected chi connectivity index (χ1v) is 5.60. The van der Waals surface area contributed by atoms with Gasteiger partial charge in [0.2, 0.25) is 5.91 Å². The Kier molecular flexibility index (Phi) is 7.75. The third-order valence-electron chi connectivity index (χ3n) is 1.90. The monoisotopic (exact) mass is 245 g/mol. The summed E-state index contributed by atoms with van der Waals surface area (Å²) in [6.07, 6.45) is -0.330. The number of hydrogen-bond acceptors (Lipinski definition) is 5. The Hall–Kier alpha value is -1.59. The van der Waals surface area contributed by atoms with Crippen molar-refractivity contribution in [3.05, 3.63) is 0 Å². The quantitative estimate of drug-likeness (QED) is 0.514. The molecule has 0 saturated carbocycles. The van der Waals surface area contributed by atoms with Crippen molar-refractivity contribution in [2.45, 2.75) is 27.2 Å². The van der Waals surface area contributed by atoms with Crippen molar-refractivity contribution in [1.29, 1.82) is 0 Å². The van der Waals surface area contributed by atoms with Gasteiger partial charge < -0.3 is 14.8 Å². The van der Waals surface area contributed by atoms with Gasteiger partial charge >= 0.3 is 11.9 Å². The molecular weight excluding hydrogens is 226 g/mol. The van der Waals surface area contributed by atoms with Crippen LogP contribution in [0.25, 0.3) is 0 Å². The molecule has 0 radical (unpaired) electrons. The molecular formula is C11H19NO5. The summed E-state index contributed by atoms with van der Waals surface area (Å²) in [5, 5.41) is 2.47. The molecule has 0 heterocycles. The van der Waals surface area contributed by atoms with Crippen LogP contribution in [0, 0.1) is 5.92 Å². The summed E-state index contributed by atoms with van der Waals surface area (Å²) in [4.78, 5) is 33.4. The first-order valence-electron chi connectivity index (χ1n) is 5.60. The highest BCUT2D eigenvalue weighted by atomic mass is 16.5. The fourth-order valence-corrected chi connectivity index (χ4v) is 1.04. The Labute approximate surface area is 101 Å². The molecule has 0 unspecified atom stereocenters. The van der Waals surface area contributed by atoms with Gasteiger partial charge in [0, 0.05) is 6.54 Å². The van der Waals surface area contributed by atoms with Crippen LogP contribution in [0.5, 0.6) is 0 Å². The minimum Gasteiger partial charge on any atom is -0.466 e. The van der Waals surface area contributed by atoms with Gasteiger partial charge in [-0.15, -0.1) is 0 Å². The van der Waals surface area contributed by atoms with Gasteiger partial charge in [0.25, 0.3) is 0 Å². The number of carbonyl (C=O) groups is 3. The normalized spacial score (nSPS) is 11.5. The number of hydrogen-bond donors (Lipinski definition) is 1. The van der Waals surface area contributed by atoms with Gasteiger partial charge in [0.05, 0.1) is 19.1 Å².